The van der Waals surface area contributed by atoms with E-state index in [-0.39, 0.29) is 0 Å². The summed E-state index contributed by atoms with van der Waals surface area (Å²) in [6.45, 7) is 7.90. The minimum absolute atomic E-state index is 0.377. The lowest BCUT2D eigenvalue weighted by Gasteiger charge is -2.16. The summed E-state index contributed by atoms with van der Waals surface area (Å²) in [4.78, 5) is 0. The Hall–Kier alpha value is -0.340. The fraction of sp³-hybridized carbons (Fsp3) is 0.714. The van der Waals surface area contributed by atoms with Crippen LogP contribution in [0.25, 0.3) is 0 Å². The molecule has 2 heteroatoms. The molecule has 0 spiro atoms. The molecule has 0 aromatic heterocycles. The van der Waals surface area contributed by atoms with Crippen LogP contribution in [0.4, 0.5) is 0 Å². The van der Waals surface area contributed by atoms with Crippen LogP contribution >= 0.6 is 0 Å². The molecule has 0 aliphatic heterocycles. The first-order chi connectivity index (χ1) is 4.22. The molecular formula is C7H16N2. The smallest absolute Gasteiger partial charge is 0.0267 e. The normalized spacial score (nSPS) is 13.8. The monoisotopic (exact) mass is 128 g/mol. The van der Waals surface area contributed by atoms with Gasteiger partial charge < -0.3 is 0 Å². The predicted octanol–water partition coefficient (Wildman–Crippen LogP) is 1.05. The van der Waals surface area contributed by atoms with E-state index >= 15 is 0 Å². The summed E-state index contributed by atoms with van der Waals surface area (Å²) in [6, 6.07) is 0.377. The molecule has 9 heavy (non-hydrogen) atoms. The van der Waals surface area contributed by atoms with E-state index in [2.05, 4.69) is 25.9 Å². The maximum atomic E-state index is 5.26. The van der Waals surface area contributed by atoms with E-state index in [9.17, 15) is 0 Å². The van der Waals surface area contributed by atoms with Gasteiger partial charge in [0.2, 0.25) is 0 Å². The van der Waals surface area contributed by atoms with Gasteiger partial charge in [-0.3, -0.25) is 11.3 Å². The molecule has 3 N–H and O–H groups in total. The van der Waals surface area contributed by atoms with E-state index in [1.54, 1.807) is 0 Å². The second-order valence-corrected chi connectivity index (χ2v) is 2.54. The molecule has 0 aliphatic carbocycles. The van der Waals surface area contributed by atoms with Gasteiger partial charge >= 0.3 is 0 Å². The van der Waals surface area contributed by atoms with Crippen molar-refractivity contribution < 1.29 is 0 Å². The van der Waals surface area contributed by atoms with Gasteiger partial charge in [-0.2, -0.15) is 0 Å². The zero-order chi connectivity index (χ0) is 7.28. The maximum Gasteiger partial charge on any atom is 0.0267 e. The molecule has 0 aromatic rings. The number of hydrazine groups is 1. The zero-order valence-electron chi connectivity index (χ0n) is 6.22. The Morgan fingerprint density at radius 1 is 1.67 bits per heavy atom. The second-order valence-electron chi connectivity index (χ2n) is 2.54. The quantitative estimate of drug-likeness (QED) is 0.337. The van der Waals surface area contributed by atoms with Crippen molar-refractivity contribution in [2.45, 2.75) is 26.3 Å². The lowest BCUT2D eigenvalue weighted by molar-refractivity contribution is 0.410. The van der Waals surface area contributed by atoms with Gasteiger partial charge in [0, 0.05) is 6.04 Å². The summed E-state index contributed by atoms with van der Waals surface area (Å²) in [5.74, 6) is 5.84. The molecule has 54 valence electrons. The number of hydrogen-bond acceptors (Lipinski definition) is 2. The fourth-order valence-electron chi connectivity index (χ4n) is 0.712. The van der Waals surface area contributed by atoms with Crippen LogP contribution in [0, 0.1) is 5.92 Å². The highest BCUT2D eigenvalue weighted by Crippen LogP contribution is 2.03. The molecule has 0 fully saturated rings. The Balaban J connectivity index is 3.53. The molecule has 0 radical (unpaired) electrons. The Labute approximate surface area is 57.1 Å². The lowest BCUT2D eigenvalue weighted by Crippen LogP contribution is -2.38. The Morgan fingerprint density at radius 3 is 2.33 bits per heavy atom. The summed E-state index contributed by atoms with van der Waals surface area (Å²) >= 11 is 0. The topological polar surface area (TPSA) is 38.0 Å². The first-order valence-electron chi connectivity index (χ1n) is 3.29. The van der Waals surface area contributed by atoms with Gasteiger partial charge in [0.15, 0.2) is 0 Å². The average Bonchev–Trinajstić information content (AvgIpc) is 1.82. The van der Waals surface area contributed by atoms with Crippen molar-refractivity contribution in [2.24, 2.45) is 11.8 Å². The minimum atomic E-state index is 0.377. The van der Waals surface area contributed by atoms with Gasteiger partial charge in [0.1, 0.15) is 0 Å². The van der Waals surface area contributed by atoms with Crippen LogP contribution in [-0.4, -0.2) is 6.04 Å². The third-order valence-electron chi connectivity index (χ3n) is 1.44. The van der Waals surface area contributed by atoms with Gasteiger partial charge in [-0.25, -0.2) is 0 Å². The third kappa shape index (κ3) is 3.27. The summed E-state index contributed by atoms with van der Waals surface area (Å²) < 4.78 is 0. The molecule has 0 heterocycles. The highest BCUT2D eigenvalue weighted by Gasteiger charge is 2.07. The van der Waals surface area contributed by atoms with Crippen LogP contribution in [0.1, 0.15) is 20.3 Å². The molecule has 0 bridgehead atoms. The Bertz CT molecular complexity index is 79.0. The van der Waals surface area contributed by atoms with E-state index < -0.39 is 0 Å². The van der Waals surface area contributed by atoms with E-state index in [4.69, 9.17) is 5.84 Å². The van der Waals surface area contributed by atoms with Gasteiger partial charge in [-0.05, 0) is 12.3 Å². The predicted molar refractivity (Wildman–Crippen MR) is 40.8 cm³/mol. The van der Waals surface area contributed by atoms with Crippen LogP contribution in [0.5, 0.6) is 0 Å². The Kier molecular flexibility index (Phi) is 4.36. The van der Waals surface area contributed by atoms with Gasteiger partial charge in [0.05, 0.1) is 0 Å². The van der Waals surface area contributed by atoms with Crippen molar-refractivity contribution in [3.63, 3.8) is 0 Å². The van der Waals surface area contributed by atoms with Gasteiger partial charge in [-0.15, -0.1) is 6.58 Å². The zero-order valence-corrected chi connectivity index (χ0v) is 6.22. The number of nitrogens with one attached hydrogen (secondary N) is 1. The van der Waals surface area contributed by atoms with E-state index in [0.29, 0.717) is 12.0 Å². The molecular weight excluding hydrogens is 112 g/mol. The summed E-state index contributed by atoms with van der Waals surface area (Å²) in [5, 5.41) is 0. The van der Waals surface area contributed by atoms with Crippen molar-refractivity contribution in [1.29, 1.82) is 0 Å². The SMILES string of the molecule is C=CCC(NN)C(C)C. The maximum absolute atomic E-state index is 5.26. The molecule has 2 nitrogen and oxygen atoms in total. The van der Waals surface area contributed by atoms with E-state index in [0.717, 1.165) is 6.42 Å². The molecule has 0 aromatic carbocycles. The van der Waals surface area contributed by atoms with Gasteiger partial charge in [0.25, 0.3) is 0 Å². The highest BCUT2D eigenvalue weighted by atomic mass is 15.2. The van der Waals surface area contributed by atoms with E-state index in [1.807, 2.05) is 6.08 Å². The standard InChI is InChI=1S/C7H16N2/c1-4-5-7(9-8)6(2)3/h4,6-7,9H,1,5,8H2,2-3H3. The molecule has 0 amide bonds. The van der Waals surface area contributed by atoms with Gasteiger partial charge in [-0.1, -0.05) is 19.9 Å². The van der Waals surface area contributed by atoms with E-state index in [1.165, 1.54) is 0 Å². The number of hydrogen-bond donors (Lipinski definition) is 2. The van der Waals surface area contributed by atoms with Crippen LogP contribution in [0.3, 0.4) is 0 Å². The first-order valence-corrected chi connectivity index (χ1v) is 3.29. The summed E-state index contributed by atoms with van der Waals surface area (Å²) in [5.41, 5.74) is 2.73. The lowest BCUT2D eigenvalue weighted by atomic mass is 10.0. The Morgan fingerprint density at radius 2 is 2.22 bits per heavy atom. The minimum Gasteiger partial charge on any atom is -0.271 e. The molecule has 0 rings (SSSR count). The first kappa shape index (κ1) is 8.66. The number of nitrogens with two attached hydrogens (primary N) is 1. The van der Waals surface area contributed by atoms with Crippen LogP contribution < -0.4 is 11.3 Å². The third-order valence-corrected chi connectivity index (χ3v) is 1.44. The van der Waals surface area contributed by atoms with Crippen LogP contribution in [-0.2, 0) is 0 Å². The molecule has 0 saturated carbocycles. The van der Waals surface area contributed by atoms with Crippen LogP contribution in [0.15, 0.2) is 12.7 Å². The molecule has 0 saturated heterocycles. The van der Waals surface area contributed by atoms with Crippen molar-refractivity contribution in [3.05, 3.63) is 12.7 Å². The van der Waals surface area contributed by atoms with Crippen molar-refractivity contribution in [3.8, 4) is 0 Å². The second kappa shape index (κ2) is 4.53. The summed E-state index contributed by atoms with van der Waals surface area (Å²) in [7, 11) is 0. The fourth-order valence-corrected chi connectivity index (χ4v) is 0.712. The van der Waals surface area contributed by atoms with Crippen molar-refractivity contribution >= 4 is 0 Å². The molecule has 0 aliphatic rings. The molecule has 1 unspecified atom stereocenters. The highest BCUT2D eigenvalue weighted by molar-refractivity contribution is 4.78. The molecule has 1 atom stereocenters. The van der Waals surface area contributed by atoms with Crippen molar-refractivity contribution in [2.75, 3.05) is 0 Å². The largest absolute Gasteiger partial charge is 0.271 e. The summed E-state index contributed by atoms with van der Waals surface area (Å²) in [6.07, 6.45) is 2.82. The number of rotatable bonds is 4. The van der Waals surface area contributed by atoms with Crippen LogP contribution in [0.2, 0.25) is 0 Å². The average molecular weight is 128 g/mol. The van der Waals surface area contributed by atoms with Crippen molar-refractivity contribution in [1.82, 2.24) is 5.43 Å².